The van der Waals surface area contributed by atoms with Crippen LogP contribution < -0.4 is 0 Å². The number of methoxy groups -OCH3 is 1. The molecule has 1 fully saturated rings. The minimum atomic E-state index is -0.370. The molecule has 0 atom stereocenters. The first-order valence-electron chi connectivity index (χ1n) is 6.09. The van der Waals surface area contributed by atoms with Crippen molar-refractivity contribution in [2.75, 3.05) is 13.7 Å². The second-order valence-electron chi connectivity index (χ2n) is 4.21. The number of carbonyl (C=O) groups excluding carboxylic acids is 2. The molecule has 21 heavy (non-hydrogen) atoms. The molecule has 1 aliphatic rings. The Morgan fingerprint density at radius 1 is 1.43 bits per heavy atom. The van der Waals surface area contributed by atoms with Gasteiger partial charge in [-0.05, 0) is 23.8 Å². The van der Waals surface area contributed by atoms with Crippen LogP contribution in [0.15, 0.2) is 29.2 Å². The van der Waals surface area contributed by atoms with E-state index in [0.29, 0.717) is 14.2 Å². The third-order valence-electron chi connectivity index (χ3n) is 2.81. The predicted molar refractivity (Wildman–Crippen MR) is 88.0 cm³/mol. The first-order valence-corrected chi connectivity index (χ1v) is 7.69. The number of nitrogens with zero attached hydrogens (tertiary/aromatic N) is 1. The lowest BCUT2D eigenvalue weighted by Crippen LogP contribution is -2.30. The minimum absolute atomic E-state index is 0.122. The molecule has 0 unspecified atom stereocenters. The number of halogens is 1. The summed E-state index contributed by atoms with van der Waals surface area (Å²) in [6, 6.07) is 7.16. The van der Waals surface area contributed by atoms with Crippen LogP contribution in [0, 0.1) is 0 Å². The second-order valence-corrected chi connectivity index (χ2v) is 6.32. The van der Waals surface area contributed by atoms with Gasteiger partial charge >= 0.3 is 5.97 Å². The van der Waals surface area contributed by atoms with Gasteiger partial charge in [-0.3, -0.25) is 14.5 Å². The van der Waals surface area contributed by atoms with E-state index in [1.165, 1.54) is 23.8 Å². The molecule has 0 spiro atoms. The lowest BCUT2D eigenvalue weighted by molar-refractivity contribution is -0.140. The fraction of sp³-hybridized carbons (Fsp3) is 0.214. The van der Waals surface area contributed by atoms with E-state index >= 15 is 0 Å². The van der Waals surface area contributed by atoms with Crippen molar-refractivity contribution in [3.63, 3.8) is 0 Å². The molecule has 110 valence electrons. The fourth-order valence-corrected chi connectivity index (χ4v) is 3.14. The van der Waals surface area contributed by atoms with E-state index in [1.54, 1.807) is 18.2 Å². The summed E-state index contributed by atoms with van der Waals surface area (Å²) >= 11 is 12.2. The Hall–Kier alpha value is -1.37. The zero-order chi connectivity index (χ0) is 15.4. The van der Waals surface area contributed by atoms with Crippen LogP contribution in [0.5, 0.6) is 0 Å². The maximum absolute atomic E-state index is 12.3. The highest BCUT2D eigenvalue weighted by atomic mass is 35.5. The number of benzene rings is 1. The van der Waals surface area contributed by atoms with Crippen LogP contribution in [0.25, 0.3) is 6.08 Å². The standard InChI is InChI=1S/C14H12ClNO3S2/c1-19-12(17)6-7-16-13(18)11(21-14(16)20)8-9-2-4-10(15)5-3-9/h2-5,8H,6-7H2,1H3/b11-8-. The number of ether oxygens (including phenoxy) is 1. The van der Waals surface area contributed by atoms with Gasteiger partial charge in [-0.1, -0.05) is 47.7 Å². The molecule has 1 aliphatic heterocycles. The average Bonchev–Trinajstić information content (AvgIpc) is 2.73. The molecular formula is C14H12ClNO3S2. The SMILES string of the molecule is COC(=O)CCN1C(=O)/C(=C/c2ccc(Cl)cc2)SC1=S. The smallest absolute Gasteiger partial charge is 0.307 e. The molecular weight excluding hydrogens is 330 g/mol. The van der Waals surface area contributed by atoms with Crippen molar-refractivity contribution in [3.8, 4) is 0 Å². The topological polar surface area (TPSA) is 46.6 Å². The molecule has 1 aromatic carbocycles. The number of esters is 1. The molecule has 1 heterocycles. The summed E-state index contributed by atoms with van der Waals surface area (Å²) < 4.78 is 5.01. The molecule has 0 saturated carbocycles. The number of thioether (sulfide) groups is 1. The van der Waals surface area contributed by atoms with Gasteiger partial charge in [0.05, 0.1) is 18.4 Å². The van der Waals surface area contributed by atoms with Crippen LogP contribution in [0.3, 0.4) is 0 Å². The first-order chi connectivity index (χ1) is 10.0. The molecule has 7 heteroatoms. The number of rotatable bonds is 4. The maximum atomic E-state index is 12.3. The summed E-state index contributed by atoms with van der Waals surface area (Å²) in [5, 5.41) is 0.637. The highest BCUT2D eigenvalue weighted by Gasteiger charge is 2.32. The molecule has 0 aliphatic carbocycles. The van der Waals surface area contributed by atoms with Crippen LogP contribution in [-0.4, -0.2) is 34.8 Å². The average molecular weight is 342 g/mol. The molecule has 0 N–H and O–H groups in total. The van der Waals surface area contributed by atoms with E-state index in [0.717, 1.165) is 5.56 Å². The third-order valence-corrected chi connectivity index (χ3v) is 4.44. The summed E-state index contributed by atoms with van der Waals surface area (Å²) in [5.41, 5.74) is 0.868. The van der Waals surface area contributed by atoms with Crippen molar-refractivity contribution in [1.82, 2.24) is 4.90 Å². The molecule has 2 rings (SSSR count). The number of thiocarbonyl (C=S) groups is 1. The number of hydrogen-bond acceptors (Lipinski definition) is 5. The van der Waals surface area contributed by atoms with E-state index < -0.39 is 0 Å². The van der Waals surface area contributed by atoms with Crippen molar-refractivity contribution in [2.24, 2.45) is 0 Å². The Kier molecular flexibility index (Phi) is 5.39. The van der Waals surface area contributed by atoms with Crippen molar-refractivity contribution in [3.05, 3.63) is 39.8 Å². The summed E-state index contributed by atoms with van der Waals surface area (Å²) in [6.07, 6.45) is 1.88. The Labute approximate surface area is 137 Å². The van der Waals surface area contributed by atoms with Gasteiger partial charge in [-0.15, -0.1) is 0 Å². The van der Waals surface area contributed by atoms with E-state index in [1.807, 2.05) is 12.1 Å². The van der Waals surface area contributed by atoms with Crippen molar-refractivity contribution in [1.29, 1.82) is 0 Å². The largest absolute Gasteiger partial charge is 0.469 e. The molecule has 4 nitrogen and oxygen atoms in total. The summed E-state index contributed by atoms with van der Waals surface area (Å²) in [7, 11) is 1.31. The summed E-state index contributed by atoms with van der Waals surface area (Å²) in [6.45, 7) is 0.231. The number of amides is 1. The molecule has 0 radical (unpaired) electrons. The minimum Gasteiger partial charge on any atom is -0.469 e. The van der Waals surface area contributed by atoms with Gasteiger partial charge in [0, 0.05) is 11.6 Å². The number of hydrogen-bond donors (Lipinski definition) is 0. The first kappa shape index (κ1) is 16.0. The monoisotopic (exact) mass is 341 g/mol. The highest BCUT2D eigenvalue weighted by molar-refractivity contribution is 8.26. The lowest BCUT2D eigenvalue weighted by Gasteiger charge is -2.12. The van der Waals surface area contributed by atoms with Crippen molar-refractivity contribution < 1.29 is 14.3 Å². The zero-order valence-electron chi connectivity index (χ0n) is 11.2. The van der Waals surface area contributed by atoms with E-state index in [-0.39, 0.29) is 24.8 Å². The second kappa shape index (κ2) is 7.06. The molecule has 1 aromatic rings. The fourth-order valence-electron chi connectivity index (χ4n) is 1.71. The van der Waals surface area contributed by atoms with Gasteiger partial charge < -0.3 is 4.74 Å². The van der Waals surface area contributed by atoms with Crippen molar-refractivity contribution in [2.45, 2.75) is 6.42 Å². The molecule has 1 saturated heterocycles. The van der Waals surface area contributed by atoms with Gasteiger partial charge in [-0.2, -0.15) is 0 Å². The Balaban J connectivity index is 2.10. The van der Waals surface area contributed by atoms with Gasteiger partial charge in [-0.25, -0.2) is 0 Å². The summed E-state index contributed by atoms with van der Waals surface area (Å²) in [4.78, 5) is 25.4. The zero-order valence-corrected chi connectivity index (χ0v) is 13.6. The normalized spacial score (nSPS) is 16.7. The van der Waals surface area contributed by atoms with Crippen molar-refractivity contribution >= 4 is 57.9 Å². The van der Waals surface area contributed by atoms with Crippen LogP contribution in [-0.2, 0) is 14.3 Å². The quantitative estimate of drug-likeness (QED) is 0.478. The lowest BCUT2D eigenvalue weighted by atomic mass is 10.2. The molecule has 0 bridgehead atoms. The van der Waals surface area contributed by atoms with Crippen LogP contribution in [0.4, 0.5) is 0 Å². The van der Waals surface area contributed by atoms with E-state index in [2.05, 4.69) is 4.74 Å². The van der Waals surface area contributed by atoms with Gasteiger partial charge in [0.15, 0.2) is 0 Å². The number of carbonyl (C=O) groups is 2. The highest BCUT2D eigenvalue weighted by Crippen LogP contribution is 2.32. The Morgan fingerprint density at radius 2 is 2.10 bits per heavy atom. The Morgan fingerprint density at radius 3 is 2.71 bits per heavy atom. The van der Waals surface area contributed by atoms with Gasteiger partial charge in [0.25, 0.3) is 5.91 Å². The van der Waals surface area contributed by atoms with E-state index in [4.69, 9.17) is 23.8 Å². The Bertz CT molecular complexity index is 613. The van der Waals surface area contributed by atoms with Gasteiger partial charge in [0.2, 0.25) is 0 Å². The third kappa shape index (κ3) is 4.06. The van der Waals surface area contributed by atoms with Crippen LogP contribution >= 0.6 is 35.6 Å². The molecule has 0 aromatic heterocycles. The van der Waals surface area contributed by atoms with Crippen LogP contribution in [0.1, 0.15) is 12.0 Å². The summed E-state index contributed by atoms with van der Waals surface area (Å²) in [5.74, 6) is -0.561. The predicted octanol–water partition coefficient (Wildman–Crippen LogP) is 3.10. The van der Waals surface area contributed by atoms with E-state index in [9.17, 15) is 9.59 Å². The van der Waals surface area contributed by atoms with Crippen LogP contribution in [0.2, 0.25) is 5.02 Å². The van der Waals surface area contributed by atoms with Gasteiger partial charge in [0.1, 0.15) is 4.32 Å². The maximum Gasteiger partial charge on any atom is 0.307 e. The molecule has 1 amide bonds.